The summed E-state index contributed by atoms with van der Waals surface area (Å²) in [5.74, 6) is -0.521. The average Bonchev–Trinajstić information content (AvgIpc) is 2.71. The van der Waals surface area contributed by atoms with Crippen molar-refractivity contribution >= 4 is 40.1 Å². The van der Waals surface area contributed by atoms with Gasteiger partial charge in [0.2, 0.25) is 0 Å². The third-order valence-electron chi connectivity index (χ3n) is 4.42. The highest BCUT2D eigenvalue weighted by Crippen LogP contribution is 2.14. The Bertz CT molecular complexity index is 1110. The molecule has 3 aromatic rings. The number of ether oxygens (including phenoxy) is 1. The van der Waals surface area contributed by atoms with Crippen LogP contribution in [0.1, 0.15) is 19.2 Å². The van der Waals surface area contributed by atoms with Crippen LogP contribution in [0, 0.1) is 0 Å². The summed E-state index contributed by atoms with van der Waals surface area (Å²) in [6.45, 7) is 1.49. The lowest BCUT2D eigenvalue weighted by atomic mass is 10.2. The number of rotatable bonds is 6. The third-order valence-corrected chi connectivity index (χ3v) is 4.67. The fraction of sp³-hybridized carbons (Fsp3) is 0.238. The zero-order chi connectivity index (χ0) is 21.0. The number of aromatic nitrogens is 2. The van der Waals surface area contributed by atoms with E-state index in [1.54, 1.807) is 55.6 Å². The van der Waals surface area contributed by atoms with E-state index in [0.29, 0.717) is 27.4 Å². The summed E-state index contributed by atoms with van der Waals surface area (Å²) < 4.78 is 6.62. The molecule has 1 aromatic heterocycles. The summed E-state index contributed by atoms with van der Waals surface area (Å²) in [5.41, 5.74) is 0.960. The van der Waals surface area contributed by atoms with E-state index in [-0.39, 0.29) is 18.4 Å². The Morgan fingerprint density at radius 2 is 1.86 bits per heavy atom. The van der Waals surface area contributed by atoms with Crippen LogP contribution in [0.4, 0.5) is 5.69 Å². The van der Waals surface area contributed by atoms with Crippen LogP contribution in [-0.4, -0.2) is 27.5 Å². The number of halogens is 1. The minimum Gasteiger partial charge on any atom is -0.453 e. The molecule has 0 saturated carbocycles. The molecular formula is C21H20ClN3O4. The minimum absolute atomic E-state index is 0.00279. The van der Waals surface area contributed by atoms with Crippen molar-refractivity contribution in [2.75, 3.05) is 5.32 Å². The Morgan fingerprint density at radius 1 is 1.17 bits per heavy atom. The quantitative estimate of drug-likeness (QED) is 0.627. The predicted octanol–water partition coefficient (Wildman–Crippen LogP) is 3.09. The van der Waals surface area contributed by atoms with Gasteiger partial charge in [-0.05, 0) is 43.3 Å². The molecule has 1 atom stereocenters. The number of aryl methyl sites for hydroxylation is 1. The van der Waals surface area contributed by atoms with E-state index in [4.69, 9.17) is 16.3 Å². The van der Waals surface area contributed by atoms with Crippen molar-refractivity contribution in [3.8, 4) is 0 Å². The van der Waals surface area contributed by atoms with Crippen LogP contribution in [0.25, 0.3) is 10.9 Å². The van der Waals surface area contributed by atoms with Crippen LogP contribution in [0.5, 0.6) is 0 Å². The number of esters is 1. The van der Waals surface area contributed by atoms with Gasteiger partial charge in [0, 0.05) is 24.2 Å². The molecule has 0 unspecified atom stereocenters. The van der Waals surface area contributed by atoms with Gasteiger partial charge in [0.05, 0.1) is 17.3 Å². The molecule has 0 saturated heterocycles. The van der Waals surface area contributed by atoms with Crippen molar-refractivity contribution in [2.45, 2.75) is 25.9 Å². The highest BCUT2D eigenvalue weighted by Gasteiger charge is 2.18. The maximum absolute atomic E-state index is 12.4. The smallest absolute Gasteiger partial charge is 0.307 e. The molecule has 2 aromatic carbocycles. The molecule has 0 spiro atoms. The largest absolute Gasteiger partial charge is 0.453 e. The van der Waals surface area contributed by atoms with Gasteiger partial charge in [-0.15, -0.1) is 0 Å². The van der Waals surface area contributed by atoms with E-state index in [1.165, 1.54) is 11.5 Å². The Morgan fingerprint density at radius 3 is 2.59 bits per heavy atom. The molecule has 150 valence electrons. The van der Waals surface area contributed by atoms with E-state index in [1.807, 2.05) is 0 Å². The fourth-order valence-corrected chi connectivity index (χ4v) is 2.91. The van der Waals surface area contributed by atoms with E-state index in [0.717, 1.165) is 0 Å². The summed E-state index contributed by atoms with van der Waals surface area (Å²) in [6, 6.07) is 13.6. The second-order valence-electron chi connectivity index (χ2n) is 6.54. The number of carbonyl (C=O) groups is 2. The number of benzene rings is 2. The van der Waals surface area contributed by atoms with Crippen molar-refractivity contribution in [2.24, 2.45) is 7.05 Å². The standard InChI is InChI=1S/C21H20ClN3O4/c1-13(20(27)23-15-9-7-14(22)8-10-15)29-19(26)12-11-18-24-17-6-4-3-5-16(17)21(28)25(18)2/h3-10,13H,11-12H2,1-2H3,(H,23,27)/t13-/m0/s1. The van der Waals surface area contributed by atoms with Gasteiger partial charge in [-0.25, -0.2) is 4.98 Å². The monoisotopic (exact) mass is 413 g/mol. The van der Waals surface area contributed by atoms with Crippen LogP contribution < -0.4 is 10.9 Å². The number of fused-ring (bicyclic) bond motifs is 1. The first-order valence-corrected chi connectivity index (χ1v) is 9.43. The number of carbonyl (C=O) groups excluding carboxylic acids is 2. The zero-order valence-corrected chi connectivity index (χ0v) is 16.8. The highest BCUT2D eigenvalue weighted by molar-refractivity contribution is 6.30. The molecule has 0 radical (unpaired) electrons. The molecule has 1 N–H and O–H groups in total. The first-order valence-electron chi connectivity index (χ1n) is 9.05. The molecule has 1 heterocycles. The van der Waals surface area contributed by atoms with E-state index in [9.17, 15) is 14.4 Å². The van der Waals surface area contributed by atoms with Gasteiger partial charge in [-0.1, -0.05) is 23.7 Å². The number of amides is 1. The van der Waals surface area contributed by atoms with Crippen molar-refractivity contribution < 1.29 is 14.3 Å². The highest BCUT2D eigenvalue weighted by atomic mass is 35.5. The van der Waals surface area contributed by atoms with Gasteiger partial charge >= 0.3 is 5.97 Å². The molecule has 0 aliphatic heterocycles. The molecule has 29 heavy (non-hydrogen) atoms. The molecule has 3 rings (SSSR count). The number of hydrogen-bond acceptors (Lipinski definition) is 5. The molecule has 7 nitrogen and oxygen atoms in total. The first kappa shape index (κ1) is 20.5. The van der Waals surface area contributed by atoms with Gasteiger partial charge in [-0.2, -0.15) is 0 Å². The van der Waals surface area contributed by atoms with Crippen LogP contribution in [0.3, 0.4) is 0 Å². The van der Waals surface area contributed by atoms with Gasteiger partial charge < -0.3 is 10.1 Å². The van der Waals surface area contributed by atoms with Crippen molar-refractivity contribution in [1.82, 2.24) is 9.55 Å². The van der Waals surface area contributed by atoms with Gasteiger partial charge in [0.25, 0.3) is 11.5 Å². The first-order chi connectivity index (χ1) is 13.8. The van der Waals surface area contributed by atoms with Crippen LogP contribution >= 0.6 is 11.6 Å². The summed E-state index contributed by atoms with van der Waals surface area (Å²) in [5, 5.41) is 3.73. The molecule has 1 amide bonds. The summed E-state index contributed by atoms with van der Waals surface area (Å²) >= 11 is 5.81. The average molecular weight is 414 g/mol. The maximum atomic E-state index is 12.4. The van der Waals surface area contributed by atoms with E-state index < -0.39 is 18.0 Å². The van der Waals surface area contributed by atoms with Crippen LogP contribution in [-0.2, 0) is 27.8 Å². The lowest BCUT2D eigenvalue weighted by Crippen LogP contribution is -2.30. The molecule has 0 aliphatic rings. The van der Waals surface area contributed by atoms with Crippen LogP contribution in [0.2, 0.25) is 5.02 Å². The lowest BCUT2D eigenvalue weighted by Gasteiger charge is -2.14. The van der Waals surface area contributed by atoms with E-state index >= 15 is 0 Å². The molecule has 8 heteroatoms. The topological polar surface area (TPSA) is 90.3 Å². The Kier molecular flexibility index (Phi) is 6.29. The number of anilines is 1. The third kappa shape index (κ3) is 5.00. The lowest BCUT2D eigenvalue weighted by molar-refractivity contribution is -0.153. The molecular weight excluding hydrogens is 394 g/mol. The normalized spacial score (nSPS) is 11.8. The predicted molar refractivity (Wildman–Crippen MR) is 111 cm³/mol. The summed E-state index contributed by atoms with van der Waals surface area (Å²) in [6.07, 6.45) is -0.746. The second kappa shape index (κ2) is 8.87. The SMILES string of the molecule is C[C@H](OC(=O)CCc1nc2ccccc2c(=O)n1C)C(=O)Nc1ccc(Cl)cc1. The van der Waals surface area contributed by atoms with Crippen molar-refractivity contribution in [1.29, 1.82) is 0 Å². The number of para-hydroxylation sites is 1. The van der Waals surface area contributed by atoms with Crippen molar-refractivity contribution in [3.63, 3.8) is 0 Å². The van der Waals surface area contributed by atoms with Gasteiger partial charge in [-0.3, -0.25) is 19.0 Å². The fourth-order valence-electron chi connectivity index (χ4n) is 2.79. The van der Waals surface area contributed by atoms with Crippen molar-refractivity contribution in [3.05, 3.63) is 69.7 Å². The number of hydrogen-bond donors (Lipinski definition) is 1. The number of nitrogens with one attached hydrogen (secondary N) is 1. The molecule has 0 fully saturated rings. The van der Waals surface area contributed by atoms with E-state index in [2.05, 4.69) is 10.3 Å². The Balaban J connectivity index is 1.59. The summed E-state index contributed by atoms with van der Waals surface area (Å²) in [4.78, 5) is 41.2. The molecule has 0 bridgehead atoms. The Labute approximate surface area is 172 Å². The zero-order valence-electron chi connectivity index (χ0n) is 16.0. The van der Waals surface area contributed by atoms with Crippen LogP contribution in [0.15, 0.2) is 53.3 Å². The molecule has 0 aliphatic carbocycles. The van der Waals surface area contributed by atoms with Gasteiger partial charge in [0.1, 0.15) is 5.82 Å². The minimum atomic E-state index is -0.966. The Hall–Kier alpha value is -3.19. The second-order valence-corrected chi connectivity index (χ2v) is 6.97. The number of nitrogens with zero attached hydrogens (tertiary/aromatic N) is 2. The summed E-state index contributed by atoms with van der Waals surface area (Å²) in [7, 11) is 1.62. The maximum Gasteiger partial charge on any atom is 0.307 e. The van der Waals surface area contributed by atoms with Gasteiger partial charge in [0.15, 0.2) is 6.10 Å².